The minimum atomic E-state index is -3.61. The molecule has 1 aromatic rings. The Hall–Kier alpha value is -0.950. The quantitative estimate of drug-likeness (QED) is 0.796. The van der Waals surface area contributed by atoms with Crippen LogP contribution in [0.15, 0.2) is 29.2 Å². The van der Waals surface area contributed by atoms with Gasteiger partial charge in [-0.25, -0.2) is 13.6 Å². The van der Waals surface area contributed by atoms with E-state index in [1.807, 2.05) is 0 Å². The average molecular weight is 299 g/mol. The number of nitrogens with two attached hydrogens (primary N) is 1. The summed E-state index contributed by atoms with van der Waals surface area (Å²) in [5.74, 6) is 0. The van der Waals surface area contributed by atoms with Crippen LogP contribution in [0.3, 0.4) is 0 Å². The standard InChI is InChI=1S/C14H25N3O2S/c1-11(2)17(4)10-9-16-12(3)13-5-7-14(8-6-13)20(15,18)19/h5-8,11-12,16H,9-10H2,1-4H3,(H2,15,18,19). The van der Waals surface area contributed by atoms with Gasteiger partial charge in [-0.3, -0.25) is 0 Å². The number of primary sulfonamides is 1. The van der Waals surface area contributed by atoms with Crippen LogP contribution in [0.2, 0.25) is 0 Å². The molecule has 0 aliphatic heterocycles. The van der Waals surface area contributed by atoms with Crippen molar-refractivity contribution in [1.29, 1.82) is 0 Å². The van der Waals surface area contributed by atoms with Crippen LogP contribution in [0.4, 0.5) is 0 Å². The number of hydrogen-bond donors (Lipinski definition) is 2. The van der Waals surface area contributed by atoms with E-state index in [0.717, 1.165) is 18.7 Å². The highest BCUT2D eigenvalue weighted by Gasteiger charge is 2.10. The van der Waals surface area contributed by atoms with E-state index in [2.05, 4.69) is 38.0 Å². The molecule has 0 radical (unpaired) electrons. The lowest BCUT2D eigenvalue weighted by atomic mass is 10.1. The summed E-state index contributed by atoms with van der Waals surface area (Å²) in [6.07, 6.45) is 0. The molecule has 3 N–H and O–H groups in total. The maximum absolute atomic E-state index is 11.2. The zero-order chi connectivity index (χ0) is 15.3. The van der Waals surface area contributed by atoms with Gasteiger partial charge in [0.05, 0.1) is 4.90 Å². The summed E-state index contributed by atoms with van der Waals surface area (Å²) in [5, 5.41) is 8.50. The van der Waals surface area contributed by atoms with Crippen molar-refractivity contribution in [2.75, 3.05) is 20.1 Å². The molecule has 5 nitrogen and oxygen atoms in total. The predicted octanol–water partition coefficient (Wildman–Crippen LogP) is 1.32. The summed E-state index contributed by atoms with van der Waals surface area (Å²) in [6, 6.07) is 7.38. The van der Waals surface area contributed by atoms with E-state index >= 15 is 0 Å². The van der Waals surface area contributed by atoms with Gasteiger partial charge in [-0.1, -0.05) is 12.1 Å². The molecule has 0 fully saturated rings. The Kier molecular flexibility index (Phi) is 6.13. The van der Waals surface area contributed by atoms with E-state index in [1.165, 1.54) is 0 Å². The molecular weight excluding hydrogens is 274 g/mol. The van der Waals surface area contributed by atoms with Crippen molar-refractivity contribution in [3.8, 4) is 0 Å². The van der Waals surface area contributed by atoms with Gasteiger partial charge < -0.3 is 10.2 Å². The van der Waals surface area contributed by atoms with Crippen molar-refractivity contribution in [3.05, 3.63) is 29.8 Å². The van der Waals surface area contributed by atoms with Crippen LogP contribution in [0.25, 0.3) is 0 Å². The third-order valence-corrected chi connectivity index (χ3v) is 4.43. The van der Waals surface area contributed by atoms with Gasteiger partial charge in [-0.05, 0) is 45.5 Å². The molecule has 1 aromatic carbocycles. The van der Waals surface area contributed by atoms with Crippen molar-refractivity contribution in [1.82, 2.24) is 10.2 Å². The largest absolute Gasteiger partial charge is 0.309 e. The molecule has 0 bridgehead atoms. The van der Waals surface area contributed by atoms with E-state index in [4.69, 9.17) is 5.14 Å². The molecule has 0 saturated heterocycles. The Labute approximate surface area is 122 Å². The molecule has 1 rings (SSSR count). The zero-order valence-corrected chi connectivity index (χ0v) is 13.4. The predicted molar refractivity (Wildman–Crippen MR) is 82.0 cm³/mol. The monoisotopic (exact) mass is 299 g/mol. The van der Waals surface area contributed by atoms with Crippen LogP contribution < -0.4 is 10.5 Å². The Morgan fingerprint density at radius 3 is 2.20 bits per heavy atom. The molecule has 0 heterocycles. The maximum atomic E-state index is 11.2. The fraction of sp³-hybridized carbons (Fsp3) is 0.571. The summed E-state index contributed by atoms with van der Waals surface area (Å²) >= 11 is 0. The average Bonchev–Trinajstić information content (AvgIpc) is 2.37. The van der Waals surface area contributed by atoms with Crippen molar-refractivity contribution >= 4 is 10.0 Å². The summed E-state index contributed by atoms with van der Waals surface area (Å²) in [4.78, 5) is 2.41. The van der Waals surface area contributed by atoms with E-state index in [1.54, 1.807) is 24.3 Å². The highest BCUT2D eigenvalue weighted by Crippen LogP contribution is 2.15. The number of nitrogens with zero attached hydrogens (tertiary/aromatic N) is 1. The molecule has 0 aliphatic rings. The molecule has 0 amide bonds. The van der Waals surface area contributed by atoms with Crippen molar-refractivity contribution in [2.24, 2.45) is 5.14 Å². The van der Waals surface area contributed by atoms with Gasteiger partial charge in [-0.2, -0.15) is 0 Å². The first-order valence-electron chi connectivity index (χ1n) is 6.78. The van der Waals surface area contributed by atoms with Crippen LogP contribution in [-0.4, -0.2) is 39.5 Å². The Bertz CT molecular complexity index is 512. The summed E-state index contributed by atoms with van der Waals surface area (Å²) in [6.45, 7) is 8.23. The number of nitrogens with one attached hydrogen (secondary N) is 1. The normalized spacial score (nSPS) is 13.9. The van der Waals surface area contributed by atoms with Gasteiger partial charge in [0.1, 0.15) is 0 Å². The molecule has 0 saturated carbocycles. The highest BCUT2D eigenvalue weighted by atomic mass is 32.2. The van der Waals surface area contributed by atoms with Gasteiger partial charge in [0.25, 0.3) is 0 Å². The number of benzene rings is 1. The van der Waals surface area contributed by atoms with E-state index in [0.29, 0.717) is 6.04 Å². The van der Waals surface area contributed by atoms with Crippen molar-refractivity contribution in [2.45, 2.75) is 37.8 Å². The van der Waals surface area contributed by atoms with Crippen LogP contribution in [-0.2, 0) is 10.0 Å². The van der Waals surface area contributed by atoms with Crippen LogP contribution in [0.1, 0.15) is 32.4 Å². The lowest BCUT2D eigenvalue weighted by molar-refractivity contribution is 0.270. The number of sulfonamides is 1. The topological polar surface area (TPSA) is 75.4 Å². The Balaban J connectivity index is 2.54. The molecule has 114 valence electrons. The van der Waals surface area contributed by atoms with E-state index in [-0.39, 0.29) is 10.9 Å². The first kappa shape index (κ1) is 17.1. The molecule has 1 atom stereocenters. The van der Waals surface area contributed by atoms with E-state index < -0.39 is 10.0 Å². The smallest absolute Gasteiger partial charge is 0.238 e. The van der Waals surface area contributed by atoms with Crippen LogP contribution in [0, 0.1) is 0 Å². The lowest BCUT2D eigenvalue weighted by Crippen LogP contribution is -2.34. The summed E-state index contributed by atoms with van der Waals surface area (Å²) < 4.78 is 22.4. The van der Waals surface area contributed by atoms with Gasteiger partial charge in [0, 0.05) is 25.2 Å². The molecule has 0 aliphatic carbocycles. The molecule has 0 spiro atoms. The fourth-order valence-corrected chi connectivity index (χ4v) is 2.30. The second kappa shape index (κ2) is 7.17. The minimum absolute atomic E-state index is 0.146. The second-order valence-electron chi connectivity index (χ2n) is 5.36. The Morgan fingerprint density at radius 1 is 1.20 bits per heavy atom. The first-order valence-corrected chi connectivity index (χ1v) is 8.33. The SMILES string of the molecule is CC(NCCN(C)C(C)C)c1ccc(S(N)(=O)=O)cc1. The molecule has 1 unspecified atom stereocenters. The van der Waals surface area contributed by atoms with Gasteiger partial charge in [0.15, 0.2) is 0 Å². The third kappa shape index (κ3) is 5.20. The summed E-state index contributed by atoms with van der Waals surface area (Å²) in [5.41, 5.74) is 1.05. The number of hydrogen-bond acceptors (Lipinski definition) is 4. The van der Waals surface area contributed by atoms with Crippen molar-refractivity contribution in [3.63, 3.8) is 0 Å². The third-order valence-electron chi connectivity index (χ3n) is 3.51. The number of rotatable bonds is 7. The lowest BCUT2D eigenvalue weighted by Gasteiger charge is -2.22. The first-order chi connectivity index (χ1) is 9.21. The van der Waals surface area contributed by atoms with Crippen molar-refractivity contribution < 1.29 is 8.42 Å². The maximum Gasteiger partial charge on any atom is 0.238 e. The minimum Gasteiger partial charge on any atom is -0.309 e. The second-order valence-corrected chi connectivity index (χ2v) is 6.93. The van der Waals surface area contributed by atoms with Crippen LogP contribution in [0.5, 0.6) is 0 Å². The Morgan fingerprint density at radius 2 is 1.75 bits per heavy atom. The highest BCUT2D eigenvalue weighted by molar-refractivity contribution is 7.89. The van der Waals surface area contributed by atoms with E-state index in [9.17, 15) is 8.42 Å². The van der Waals surface area contributed by atoms with Crippen LogP contribution >= 0.6 is 0 Å². The number of likely N-dealkylation sites (N-methyl/N-ethyl adjacent to an activating group) is 1. The molecular formula is C14H25N3O2S. The van der Waals surface area contributed by atoms with Gasteiger partial charge in [-0.15, -0.1) is 0 Å². The molecule has 20 heavy (non-hydrogen) atoms. The molecule has 0 aromatic heterocycles. The fourth-order valence-electron chi connectivity index (χ4n) is 1.78. The summed E-state index contributed by atoms with van der Waals surface area (Å²) in [7, 11) is -1.51. The zero-order valence-electron chi connectivity index (χ0n) is 12.6. The molecule has 6 heteroatoms. The van der Waals surface area contributed by atoms with Gasteiger partial charge >= 0.3 is 0 Å². The van der Waals surface area contributed by atoms with Gasteiger partial charge in [0.2, 0.25) is 10.0 Å².